The number of ether oxygens (including phenoxy) is 1. The summed E-state index contributed by atoms with van der Waals surface area (Å²) in [6, 6.07) is 0.317. The largest absolute Gasteiger partial charge is 0.364 e. The molecule has 0 amide bonds. The minimum atomic E-state index is 0.238. The maximum absolute atomic E-state index is 10.7. The highest BCUT2D eigenvalue weighted by atomic mass is 16.5. The molecule has 12 heavy (non-hydrogen) atoms. The highest BCUT2D eigenvalue weighted by molar-refractivity contribution is 5.76. The van der Waals surface area contributed by atoms with E-state index in [0.717, 1.165) is 0 Å². The predicted octanol–water partition coefficient (Wildman–Crippen LogP) is 1.28. The van der Waals surface area contributed by atoms with Crippen molar-refractivity contribution in [3.05, 3.63) is 0 Å². The van der Waals surface area contributed by atoms with E-state index in [4.69, 9.17) is 4.74 Å². The molecule has 0 saturated carbocycles. The monoisotopic (exact) mass is 173 g/mol. The fourth-order valence-electron chi connectivity index (χ4n) is 1.11. The fourth-order valence-corrected chi connectivity index (χ4v) is 1.11. The number of rotatable bonds is 2. The standard InChI is InChI=1S/C7H13NO2.C2H6/c1-6(9)3-7-4-10-5-8(7)2;1-2/h7H,3-5H2,1-2H3;1-2H3. The van der Waals surface area contributed by atoms with Gasteiger partial charge in [-0.25, -0.2) is 0 Å². The van der Waals surface area contributed by atoms with Crippen molar-refractivity contribution in [3.8, 4) is 0 Å². The van der Waals surface area contributed by atoms with E-state index in [9.17, 15) is 4.79 Å². The molecule has 1 aliphatic heterocycles. The minimum absolute atomic E-state index is 0.238. The normalized spacial score (nSPS) is 23.2. The van der Waals surface area contributed by atoms with E-state index in [0.29, 0.717) is 25.8 Å². The van der Waals surface area contributed by atoms with Crippen LogP contribution in [0.2, 0.25) is 0 Å². The maximum atomic E-state index is 10.7. The average Bonchev–Trinajstić information content (AvgIpc) is 2.40. The van der Waals surface area contributed by atoms with Gasteiger partial charge in [-0.15, -0.1) is 0 Å². The molecule has 1 fully saturated rings. The second-order valence-corrected chi connectivity index (χ2v) is 2.82. The molecule has 0 aromatic carbocycles. The molecule has 0 radical (unpaired) electrons. The van der Waals surface area contributed by atoms with Gasteiger partial charge in [-0.3, -0.25) is 9.69 Å². The van der Waals surface area contributed by atoms with Gasteiger partial charge in [0, 0.05) is 12.5 Å². The van der Waals surface area contributed by atoms with Gasteiger partial charge in [-0.2, -0.15) is 0 Å². The van der Waals surface area contributed by atoms with E-state index in [1.807, 2.05) is 20.9 Å². The van der Waals surface area contributed by atoms with Gasteiger partial charge in [-0.1, -0.05) is 13.8 Å². The Bertz CT molecular complexity index is 136. The Morgan fingerprint density at radius 2 is 2.17 bits per heavy atom. The van der Waals surface area contributed by atoms with E-state index in [1.165, 1.54) is 0 Å². The molecular weight excluding hydrogens is 154 g/mol. The number of ketones is 1. The van der Waals surface area contributed by atoms with Gasteiger partial charge in [-0.05, 0) is 14.0 Å². The van der Waals surface area contributed by atoms with Crippen molar-refractivity contribution in [1.29, 1.82) is 0 Å². The van der Waals surface area contributed by atoms with E-state index in [1.54, 1.807) is 6.92 Å². The molecule has 72 valence electrons. The van der Waals surface area contributed by atoms with Gasteiger partial charge >= 0.3 is 0 Å². The summed E-state index contributed by atoms with van der Waals surface area (Å²) < 4.78 is 5.14. The second-order valence-electron chi connectivity index (χ2n) is 2.82. The van der Waals surface area contributed by atoms with E-state index < -0.39 is 0 Å². The van der Waals surface area contributed by atoms with Crippen LogP contribution in [0.25, 0.3) is 0 Å². The molecule has 1 saturated heterocycles. The van der Waals surface area contributed by atoms with Crippen molar-refractivity contribution in [2.45, 2.75) is 33.2 Å². The SMILES string of the molecule is CC.CC(=O)CC1COCN1C. The summed E-state index contributed by atoms with van der Waals surface area (Å²) in [5.41, 5.74) is 0. The number of hydrogen-bond acceptors (Lipinski definition) is 3. The van der Waals surface area contributed by atoms with Crippen LogP contribution in [0.3, 0.4) is 0 Å². The third kappa shape index (κ3) is 3.83. The molecule has 0 bridgehead atoms. The van der Waals surface area contributed by atoms with Crippen LogP contribution < -0.4 is 0 Å². The summed E-state index contributed by atoms with van der Waals surface area (Å²) in [6.45, 7) is 6.99. The summed E-state index contributed by atoms with van der Waals surface area (Å²) in [5.74, 6) is 0.238. The summed E-state index contributed by atoms with van der Waals surface area (Å²) in [5, 5.41) is 0. The van der Waals surface area contributed by atoms with Gasteiger partial charge in [0.1, 0.15) is 5.78 Å². The van der Waals surface area contributed by atoms with Crippen molar-refractivity contribution in [1.82, 2.24) is 4.90 Å². The van der Waals surface area contributed by atoms with E-state index >= 15 is 0 Å². The summed E-state index contributed by atoms with van der Waals surface area (Å²) in [4.78, 5) is 12.7. The average molecular weight is 173 g/mol. The lowest BCUT2D eigenvalue weighted by Gasteiger charge is -2.14. The quantitative estimate of drug-likeness (QED) is 0.630. The zero-order valence-electron chi connectivity index (χ0n) is 8.46. The van der Waals surface area contributed by atoms with Crippen LogP contribution in [0, 0.1) is 0 Å². The van der Waals surface area contributed by atoms with Crippen LogP contribution in [0.5, 0.6) is 0 Å². The first kappa shape index (κ1) is 11.6. The van der Waals surface area contributed by atoms with Crippen LogP contribution in [0.4, 0.5) is 0 Å². The lowest BCUT2D eigenvalue weighted by atomic mass is 10.1. The summed E-state index contributed by atoms with van der Waals surface area (Å²) in [6.07, 6.45) is 0.622. The third-order valence-electron chi connectivity index (χ3n) is 1.75. The van der Waals surface area contributed by atoms with E-state index in [2.05, 4.69) is 4.90 Å². The number of likely N-dealkylation sites (N-methyl/N-ethyl adjacent to an activating group) is 1. The molecule has 3 nitrogen and oxygen atoms in total. The lowest BCUT2D eigenvalue weighted by Crippen LogP contribution is -2.28. The highest BCUT2D eigenvalue weighted by Crippen LogP contribution is 2.09. The topological polar surface area (TPSA) is 29.5 Å². The van der Waals surface area contributed by atoms with Crippen molar-refractivity contribution in [2.24, 2.45) is 0 Å². The molecule has 1 aliphatic rings. The van der Waals surface area contributed by atoms with Crippen LogP contribution in [0.1, 0.15) is 27.2 Å². The number of nitrogens with zero attached hydrogens (tertiary/aromatic N) is 1. The Labute approximate surface area is 74.7 Å². The lowest BCUT2D eigenvalue weighted by molar-refractivity contribution is -0.117. The Morgan fingerprint density at radius 1 is 1.58 bits per heavy atom. The van der Waals surface area contributed by atoms with Crippen molar-refractivity contribution in [2.75, 3.05) is 20.4 Å². The number of carbonyl (C=O) groups excluding carboxylic acids is 1. The second kappa shape index (κ2) is 6.14. The molecule has 1 rings (SSSR count). The van der Waals surface area contributed by atoms with Crippen LogP contribution in [0.15, 0.2) is 0 Å². The van der Waals surface area contributed by atoms with Gasteiger partial charge in [0.05, 0.1) is 13.3 Å². The minimum Gasteiger partial charge on any atom is -0.364 e. The van der Waals surface area contributed by atoms with Crippen LogP contribution >= 0.6 is 0 Å². The van der Waals surface area contributed by atoms with Gasteiger partial charge in [0.25, 0.3) is 0 Å². The molecule has 0 N–H and O–H groups in total. The molecule has 1 unspecified atom stereocenters. The number of Topliss-reactive ketones (excluding diaryl/α,β-unsaturated/α-hetero) is 1. The fraction of sp³-hybridized carbons (Fsp3) is 0.889. The first-order valence-corrected chi connectivity index (χ1v) is 4.47. The molecular formula is C9H19NO2. The Morgan fingerprint density at radius 3 is 2.50 bits per heavy atom. The first-order chi connectivity index (χ1) is 5.70. The summed E-state index contributed by atoms with van der Waals surface area (Å²) in [7, 11) is 1.97. The number of hydrogen-bond donors (Lipinski definition) is 0. The Hall–Kier alpha value is -0.410. The molecule has 3 heteroatoms. The zero-order chi connectivity index (χ0) is 9.56. The molecule has 0 aromatic heterocycles. The third-order valence-corrected chi connectivity index (χ3v) is 1.75. The Balaban J connectivity index is 0.000000561. The molecule has 1 heterocycles. The molecule has 0 aliphatic carbocycles. The molecule has 0 spiro atoms. The van der Waals surface area contributed by atoms with Crippen molar-refractivity contribution >= 4 is 5.78 Å². The van der Waals surface area contributed by atoms with Gasteiger partial charge in [0.15, 0.2) is 0 Å². The van der Waals surface area contributed by atoms with Crippen molar-refractivity contribution < 1.29 is 9.53 Å². The maximum Gasteiger partial charge on any atom is 0.131 e. The van der Waals surface area contributed by atoms with Crippen molar-refractivity contribution in [3.63, 3.8) is 0 Å². The first-order valence-electron chi connectivity index (χ1n) is 4.47. The predicted molar refractivity (Wildman–Crippen MR) is 49.0 cm³/mol. The number of carbonyl (C=O) groups is 1. The summed E-state index contributed by atoms with van der Waals surface area (Å²) >= 11 is 0. The van der Waals surface area contributed by atoms with E-state index in [-0.39, 0.29) is 5.78 Å². The Kier molecular flexibility index (Phi) is 5.93. The van der Waals surface area contributed by atoms with Gasteiger partial charge < -0.3 is 4.74 Å². The smallest absolute Gasteiger partial charge is 0.131 e. The van der Waals surface area contributed by atoms with Crippen LogP contribution in [-0.4, -0.2) is 37.1 Å². The highest BCUT2D eigenvalue weighted by Gasteiger charge is 2.22. The molecule has 0 aromatic rings. The van der Waals surface area contributed by atoms with Gasteiger partial charge in [0.2, 0.25) is 0 Å². The molecule has 1 atom stereocenters. The van der Waals surface area contributed by atoms with Crippen LogP contribution in [-0.2, 0) is 9.53 Å². The zero-order valence-corrected chi connectivity index (χ0v) is 8.46.